The summed E-state index contributed by atoms with van der Waals surface area (Å²) in [6.45, 7) is 9.90. The average Bonchev–Trinajstić information content (AvgIpc) is 3.65. The highest BCUT2D eigenvalue weighted by Crippen LogP contribution is 2.52. The molecule has 1 aliphatic carbocycles. The molecule has 14 heteroatoms. The normalized spacial score (nSPS) is 19.2. The number of unbranched alkanes of at least 4 members (excludes halogenated alkanes) is 2. The second-order valence-electron chi connectivity index (χ2n) is 19.1. The number of benzene rings is 5. The molecule has 0 saturated heterocycles. The van der Waals surface area contributed by atoms with Gasteiger partial charge in [0.25, 0.3) is 10.1 Å². The van der Waals surface area contributed by atoms with E-state index in [1.54, 1.807) is 18.8 Å². The maximum atomic E-state index is 13.8. The van der Waals surface area contributed by atoms with Crippen LogP contribution in [-0.4, -0.2) is 73.8 Å². The molecule has 4 N–H and O–H groups in total. The predicted molar refractivity (Wildman–Crippen MR) is 276 cm³/mol. The SMILES string of the molecule is CNC(=O)C1CC(/C=C/C2=[N+](CCCCS(=O)(=O)[O-])c3ccc4ccccc4c3C2(C)C)=C(Sc2ccc(N)cc2)C(=C/C=C2/N(CCCCS(=O)(=O)O)c3ccc4ccccc4c3C2(C)C)/C1. The first-order valence-electron chi connectivity index (χ1n) is 23.2. The van der Waals surface area contributed by atoms with Crippen molar-refractivity contribution in [2.75, 3.05) is 42.3 Å². The molecule has 3 aliphatic rings. The van der Waals surface area contributed by atoms with Gasteiger partial charge in [-0.3, -0.25) is 9.35 Å². The minimum absolute atomic E-state index is 0.0609. The fraction of sp³-hybridized carbons (Fsp3) is 0.333. The van der Waals surface area contributed by atoms with E-state index in [1.165, 1.54) is 11.1 Å². The van der Waals surface area contributed by atoms with Gasteiger partial charge in [0.2, 0.25) is 11.6 Å². The number of carbonyl (C=O) groups is 1. The van der Waals surface area contributed by atoms with Crippen molar-refractivity contribution >= 4 is 82.2 Å². The van der Waals surface area contributed by atoms with E-state index in [9.17, 15) is 30.7 Å². The molecule has 356 valence electrons. The third kappa shape index (κ3) is 10.3. The molecule has 1 atom stereocenters. The number of hydrogen-bond donors (Lipinski definition) is 3. The number of anilines is 2. The number of hydrogen-bond acceptors (Lipinski definition) is 9. The molecule has 1 amide bonds. The average molecular weight is 973 g/mol. The van der Waals surface area contributed by atoms with Gasteiger partial charge in [-0.1, -0.05) is 92.4 Å². The van der Waals surface area contributed by atoms with Crippen LogP contribution in [0, 0.1) is 5.92 Å². The zero-order valence-electron chi connectivity index (χ0n) is 39.3. The van der Waals surface area contributed by atoms with Crippen molar-refractivity contribution in [1.29, 1.82) is 0 Å². The van der Waals surface area contributed by atoms with Crippen LogP contribution in [0.25, 0.3) is 21.5 Å². The Hall–Kier alpha value is -5.51. The Morgan fingerprint density at radius 2 is 1.46 bits per heavy atom. The van der Waals surface area contributed by atoms with Crippen LogP contribution in [0.5, 0.6) is 0 Å². The zero-order valence-corrected chi connectivity index (χ0v) is 41.7. The Balaban J connectivity index is 1.28. The highest BCUT2D eigenvalue weighted by Gasteiger charge is 2.46. The Labute approximate surface area is 405 Å². The van der Waals surface area contributed by atoms with Gasteiger partial charge in [-0.15, -0.1) is 0 Å². The second-order valence-corrected chi connectivity index (χ2v) is 23.3. The summed E-state index contributed by atoms with van der Waals surface area (Å²) in [5, 5.41) is 7.45. The number of rotatable bonds is 16. The number of fused-ring (bicyclic) bond motifs is 6. The molecule has 5 aromatic carbocycles. The molecule has 0 saturated carbocycles. The lowest BCUT2D eigenvalue weighted by Crippen LogP contribution is -2.30. The molecule has 1 unspecified atom stereocenters. The van der Waals surface area contributed by atoms with E-state index >= 15 is 0 Å². The third-order valence-electron chi connectivity index (χ3n) is 13.7. The molecule has 8 rings (SSSR count). The summed E-state index contributed by atoms with van der Waals surface area (Å²) < 4.78 is 70.0. The van der Waals surface area contributed by atoms with Gasteiger partial charge in [0, 0.05) is 81.7 Å². The molecular formula is C54H60N4O7S3. The smallest absolute Gasteiger partial charge is 0.264 e. The first kappa shape index (κ1) is 48.9. The van der Waals surface area contributed by atoms with Crippen molar-refractivity contribution in [1.82, 2.24) is 5.32 Å². The Bertz CT molecular complexity index is 3190. The molecule has 68 heavy (non-hydrogen) atoms. The number of allylic oxidation sites excluding steroid dienone is 7. The van der Waals surface area contributed by atoms with Gasteiger partial charge < -0.3 is 20.5 Å². The molecule has 0 spiro atoms. The van der Waals surface area contributed by atoms with E-state index in [1.807, 2.05) is 48.5 Å². The van der Waals surface area contributed by atoms with E-state index in [0.717, 1.165) is 65.3 Å². The summed E-state index contributed by atoms with van der Waals surface area (Å²) in [5.74, 6) is -1.17. The molecule has 0 aromatic heterocycles. The quantitative estimate of drug-likeness (QED) is 0.0374. The van der Waals surface area contributed by atoms with Crippen LogP contribution in [0.3, 0.4) is 0 Å². The summed E-state index contributed by atoms with van der Waals surface area (Å²) in [6, 6.07) is 33.0. The van der Waals surface area contributed by atoms with E-state index in [2.05, 4.69) is 115 Å². The first-order chi connectivity index (χ1) is 32.3. The fourth-order valence-corrected chi connectivity index (χ4v) is 12.7. The van der Waals surface area contributed by atoms with E-state index in [-0.39, 0.29) is 24.0 Å². The molecule has 11 nitrogen and oxygen atoms in total. The number of nitrogens with zero attached hydrogens (tertiary/aromatic N) is 2. The van der Waals surface area contributed by atoms with Crippen molar-refractivity contribution in [3.63, 3.8) is 0 Å². The van der Waals surface area contributed by atoms with Crippen LogP contribution in [0.15, 0.2) is 148 Å². The molecule has 2 aliphatic heterocycles. The molecule has 0 fully saturated rings. The van der Waals surface area contributed by atoms with Crippen LogP contribution < -0.4 is 16.0 Å². The Morgan fingerprint density at radius 1 is 0.809 bits per heavy atom. The minimum atomic E-state index is -4.36. The van der Waals surface area contributed by atoms with Crippen LogP contribution in [0.2, 0.25) is 0 Å². The lowest BCUT2D eigenvalue weighted by molar-refractivity contribution is -0.438. The topological polar surface area (TPSA) is 173 Å². The monoisotopic (exact) mass is 972 g/mol. The summed E-state index contributed by atoms with van der Waals surface area (Å²) in [6.07, 6.45) is 11.2. The Kier molecular flexibility index (Phi) is 14.0. The van der Waals surface area contributed by atoms with Gasteiger partial charge in [0.15, 0.2) is 5.71 Å². The van der Waals surface area contributed by atoms with Crippen LogP contribution in [0.4, 0.5) is 17.1 Å². The molecule has 2 heterocycles. The fourth-order valence-electron chi connectivity index (χ4n) is 10.5. The number of nitrogen functional groups attached to an aromatic ring is 1. The number of nitrogens with one attached hydrogen (secondary N) is 1. The van der Waals surface area contributed by atoms with E-state index in [4.69, 9.17) is 5.73 Å². The second kappa shape index (κ2) is 19.5. The van der Waals surface area contributed by atoms with Crippen molar-refractivity contribution in [2.45, 2.75) is 81.9 Å². The number of thioether (sulfide) groups is 1. The number of carbonyl (C=O) groups excluding carboxylic acids is 1. The molecular weight excluding hydrogens is 913 g/mol. The van der Waals surface area contributed by atoms with Crippen LogP contribution in [-0.2, 0) is 35.9 Å². The van der Waals surface area contributed by atoms with Gasteiger partial charge >= 0.3 is 0 Å². The number of nitrogens with two attached hydrogens (primary N) is 1. The largest absolute Gasteiger partial charge is 0.748 e. The summed E-state index contributed by atoms with van der Waals surface area (Å²) >= 11 is 1.63. The molecule has 5 aromatic rings. The lowest BCUT2D eigenvalue weighted by atomic mass is 9.78. The lowest BCUT2D eigenvalue weighted by Gasteiger charge is -2.29. The minimum Gasteiger partial charge on any atom is -0.748 e. The van der Waals surface area contributed by atoms with Crippen molar-refractivity contribution in [2.24, 2.45) is 5.92 Å². The Morgan fingerprint density at radius 3 is 2.12 bits per heavy atom. The van der Waals surface area contributed by atoms with E-state index in [0.29, 0.717) is 50.9 Å². The summed E-state index contributed by atoms with van der Waals surface area (Å²) in [7, 11) is -6.79. The van der Waals surface area contributed by atoms with Gasteiger partial charge in [-0.25, -0.2) is 8.42 Å². The van der Waals surface area contributed by atoms with Gasteiger partial charge in [-0.05, 0) is 127 Å². The van der Waals surface area contributed by atoms with Crippen molar-refractivity contribution in [3.8, 4) is 0 Å². The molecule has 0 bridgehead atoms. The molecule has 0 radical (unpaired) electrons. The van der Waals surface area contributed by atoms with Gasteiger partial charge in [0.1, 0.15) is 6.54 Å². The van der Waals surface area contributed by atoms with Crippen molar-refractivity contribution < 1.29 is 35.3 Å². The van der Waals surface area contributed by atoms with Gasteiger partial charge in [0.05, 0.1) is 21.3 Å². The maximum absolute atomic E-state index is 13.8. The van der Waals surface area contributed by atoms with Crippen LogP contribution in [0.1, 0.15) is 77.3 Å². The van der Waals surface area contributed by atoms with Crippen molar-refractivity contribution in [3.05, 3.63) is 154 Å². The van der Waals surface area contributed by atoms with E-state index < -0.39 is 36.8 Å². The highest BCUT2D eigenvalue weighted by atomic mass is 32.2. The summed E-state index contributed by atoms with van der Waals surface area (Å²) in [4.78, 5) is 18.1. The summed E-state index contributed by atoms with van der Waals surface area (Å²) in [5.41, 5.74) is 14.4. The van der Waals surface area contributed by atoms with Gasteiger partial charge in [-0.2, -0.15) is 13.0 Å². The standard InChI is InChI=1S/C54H60N4O7S3/c1-53(2)47(57(30-10-12-32-67(60,61)62)45-26-18-36-14-6-8-16-43(36)49(45)53)28-20-38-34-40(52(59)56-5)35-39(51(38)66-42-24-22-41(55)23-25-42)21-29-48-54(3,4)50-44-17-9-7-15-37(44)19-27-46(50)58(48)31-11-13-33-68(63,64)65/h6-9,14-29,40H,10-13,30-35,55H2,1-5H3,(H2-,56,59,60,61,62,63,64,65). The predicted octanol–water partition coefficient (Wildman–Crippen LogP) is 10.3. The number of amides is 1. The zero-order chi connectivity index (χ0) is 48.6. The highest BCUT2D eigenvalue weighted by molar-refractivity contribution is 8.03. The van der Waals surface area contributed by atoms with Crippen LogP contribution >= 0.6 is 11.8 Å². The third-order valence-corrected chi connectivity index (χ3v) is 16.5. The maximum Gasteiger partial charge on any atom is 0.264 e. The first-order valence-corrected chi connectivity index (χ1v) is 27.2.